The van der Waals surface area contributed by atoms with Crippen molar-refractivity contribution in [2.45, 2.75) is 26.1 Å². The topological polar surface area (TPSA) is 15.3 Å². The summed E-state index contributed by atoms with van der Waals surface area (Å²) in [5.74, 6) is 0. The molecule has 2 heterocycles. The summed E-state index contributed by atoms with van der Waals surface area (Å²) in [5.41, 5.74) is 0. The van der Waals surface area contributed by atoms with Gasteiger partial charge in [0.15, 0.2) is 0 Å². The zero-order valence-electron chi connectivity index (χ0n) is 10.4. The predicted octanol–water partition coefficient (Wildman–Crippen LogP) is 1.29. The lowest BCUT2D eigenvalue weighted by Gasteiger charge is -2.27. The van der Waals surface area contributed by atoms with E-state index in [-0.39, 0.29) is 0 Å². The van der Waals surface area contributed by atoms with Crippen LogP contribution in [-0.4, -0.2) is 28.0 Å². The standard InChI is InChI=1S/C12H21N4/c1-4-5-6-15-10-8-14(3)12(15)16-9-7-13(2)11-16/h7-12H,4-6H2,1-3H3/q+1. The maximum absolute atomic E-state index is 2.38. The monoisotopic (exact) mass is 221 g/mol. The second kappa shape index (κ2) is 4.60. The smallest absolute Gasteiger partial charge is 0.253 e. The van der Waals surface area contributed by atoms with Crippen molar-refractivity contribution in [1.82, 2.24) is 14.4 Å². The van der Waals surface area contributed by atoms with Crippen molar-refractivity contribution in [2.24, 2.45) is 7.05 Å². The third kappa shape index (κ3) is 2.05. The van der Waals surface area contributed by atoms with E-state index in [0.717, 1.165) is 6.54 Å². The highest BCUT2D eigenvalue weighted by atomic mass is 15.5. The maximum atomic E-state index is 2.38. The molecule has 4 heteroatoms. The molecule has 1 atom stereocenters. The fourth-order valence-electron chi connectivity index (χ4n) is 2.10. The molecule has 0 fully saturated rings. The van der Waals surface area contributed by atoms with E-state index < -0.39 is 0 Å². The molecule has 2 rings (SSSR count). The second-order valence-corrected chi connectivity index (χ2v) is 4.43. The van der Waals surface area contributed by atoms with E-state index in [0.29, 0.717) is 6.29 Å². The highest BCUT2D eigenvalue weighted by molar-refractivity contribution is 4.94. The molecule has 0 saturated carbocycles. The molecule has 0 saturated heterocycles. The van der Waals surface area contributed by atoms with Gasteiger partial charge in [-0.3, -0.25) is 0 Å². The van der Waals surface area contributed by atoms with E-state index in [2.05, 4.69) is 71.1 Å². The van der Waals surface area contributed by atoms with Gasteiger partial charge in [-0.25, -0.2) is 4.57 Å². The third-order valence-electron chi connectivity index (χ3n) is 2.98. The van der Waals surface area contributed by atoms with Crippen molar-refractivity contribution in [2.75, 3.05) is 13.6 Å². The number of aryl methyl sites for hydroxylation is 1. The fraction of sp³-hybridized carbons (Fsp3) is 0.583. The van der Waals surface area contributed by atoms with Crippen LogP contribution in [0, 0.1) is 0 Å². The molecule has 1 aromatic heterocycles. The Morgan fingerprint density at radius 2 is 2.12 bits per heavy atom. The summed E-state index contributed by atoms with van der Waals surface area (Å²) in [7, 11) is 4.17. The van der Waals surface area contributed by atoms with Crippen molar-refractivity contribution in [3.63, 3.8) is 0 Å². The highest BCUT2D eigenvalue weighted by Crippen LogP contribution is 2.23. The van der Waals surface area contributed by atoms with Crippen LogP contribution in [0.25, 0.3) is 0 Å². The summed E-state index contributed by atoms with van der Waals surface area (Å²) in [5, 5.41) is 0. The summed E-state index contributed by atoms with van der Waals surface area (Å²) in [6.07, 6.45) is 13.4. The number of unbranched alkanes of at least 4 members (excludes halogenated alkanes) is 1. The van der Waals surface area contributed by atoms with Gasteiger partial charge in [-0.2, -0.15) is 4.57 Å². The Morgan fingerprint density at radius 3 is 2.75 bits per heavy atom. The van der Waals surface area contributed by atoms with Crippen LogP contribution in [0.3, 0.4) is 0 Å². The van der Waals surface area contributed by atoms with Crippen molar-refractivity contribution in [3.8, 4) is 0 Å². The highest BCUT2D eigenvalue weighted by Gasteiger charge is 2.28. The first-order chi connectivity index (χ1) is 7.72. The fourth-order valence-corrected chi connectivity index (χ4v) is 2.10. The van der Waals surface area contributed by atoms with Crippen molar-refractivity contribution < 1.29 is 4.57 Å². The van der Waals surface area contributed by atoms with Gasteiger partial charge in [-0.1, -0.05) is 13.3 Å². The van der Waals surface area contributed by atoms with Crippen LogP contribution in [-0.2, 0) is 7.05 Å². The Morgan fingerprint density at radius 1 is 1.31 bits per heavy atom. The van der Waals surface area contributed by atoms with Crippen LogP contribution >= 0.6 is 0 Å². The molecule has 88 valence electrons. The number of nitrogens with zero attached hydrogens (tertiary/aromatic N) is 4. The minimum absolute atomic E-state index is 0.299. The average Bonchev–Trinajstić information content (AvgIpc) is 2.82. The van der Waals surface area contributed by atoms with Gasteiger partial charge in [0.2, 0.25) is 6.33 Å². The van der Waals surface area contributed by atoms with Crippen LogP contribution in [0.4, 0.5) is 0 Å². The molecule has 0 aliphatic carbocycles. The maximum Gasteiger partial charge on any atom is 0.253 e. The van der Waals surface area contributed by atoms with Gasteiger partial charge in [0.1, 0.15) is 12.4 Å². The third-order valence-corrected chi connectivity index (χ3v) is 2.98. The van der Waals surface area contributed by atoms with Gasteiger partial charge in [0, 0.05) is 26.0 Å². The Hall–Kier alpha value is -1.45. The lowest BCUT2D eigenvalue weighted by molar-refractivity contribution is -0.671. The van der Waals surface area contributed by atoms with Crippen LogP contribution in [0.2, 0.25) is 0 Å². The molecule has 0 amide bonds. The molecule has 0 radical (unpaired) electrons. The molecule has 0 bridgehead atoms. The van der Waals surface area contributed by atoms with Gasteiger partial charge in [-0.15, -0.1) is 0 Å². The van der Waals surface area contributed by atoms with Crippen molar-refractivity contribution in [3.05, 3.63) is 31.1 Å². The summed E-state index contributed by atoms with van der Waals surface area (Å²) in [6.45, 7) is 3.35. The molecule has 1 unspecified atom stereocenters. The second-order valence-electron chi connectivity index (χ2n) is 4.43. The minimum Gasteiger partial charge on any atom is -0.324 e. The summed E-state index contributed by atoms with van der Waals surface area (Å²) in [6, 6.07) is 0. The lowest BCUT2D eigenvalue weighted by Crippen LogP contribution is -2.34. The van der Waals surface area contributed by atoms with Crippen LogP contribution in [0.1, 0.15) is 26.1 Å². The van der Waals surface area contributed by atoms with E-state index in [1.54, 1.807) is 0 Å². The molecule has 16 heavy (non-hydrogen) atoms. The summed E-state index contributed by atoms with van der Waals surface area (Å²) < 4.78 is 4.31. The summed E-state index contributed by atoms with van der Waals surface area (Å²) in [4.78, 5) is 4.61. The zero-order chi connectivity index (χ0) is 11.5. The van der Waals surface area contributed by atoms with E-state index in [9.17, 15) is 0 Å². The molecule has 1 aliphatic rings. The molecule has 0 aromatic carbocycles. The first-order valence-electron chi connectivity index (χ1n) is 5.91. The number of aromatic nitrogens is 2. The van der Waals surface area contributed by atoms with Gasteiger partial charge in [-0.05, 0) is 6.42 Å². The van der Waals surface area contributed by atoms with Gasteiger partial charge < -0.3 is 9.80 Å². The van der Waals surface area contributed by atoms with E-state index >= 15 is 0 Å². The quantitative estimate of drug-likeness (QED) is 0.712. The first-order valence-corrected chi connectivity index (χ1v) is 5.91. The normalized spacial score (nSPS) is 19.8. The van der Waals surface area contributed by atoms with Gasteiger partial charge in [0.25, 0.3) is 6.29 Å². The molecule has 4 nitrogen and oxygen atoms in total. The summed E-state index contributed by atoms with van der Waals surface area (Å²) >= 11 is 0. The molecule has 0 N–H and O–H groups in total. The van der Waals surface area contributed by atoms with E-state index in [4.69, 9.17) is 0 Å². The van der Waals surface area contributed by atoms with E-state index in [1.165, 1.54) is 12.8 Å². The van der Waals surface area contributed by atoms with E-state index in [1.807, 2.05) is 0 Å². The Bertz CT molecular complexity index is 369. The van der Waals surface area contributed by atoms with Gasteiger partial charge in [0.05, 0.1) is 7.05 Å². The lowest BCUT2D eigenvalue weighted by atomic mass is 10.3. The van der Waals surface area contributed by atoms with Crippen LogP contribution in [0.5, 0.6) is 0 Å². The molecule has 0 spiro atoms. The Labute approximate surface area is 97.4 Å². The number of hydrogen-bond acceptors (Lipinski definition) is 2. The van der Waals surface area contributed by atoms with Crippen molar-refractivity contribution in [1.29, 1.82) is 0 Å². The van der Waals surface area contributed by atoms with Crippen molar-refractivity contribution >= 4 is 0 Å². The SMILES string of the molecule is CCCCN1C=CN(C)C1n1cc[n+](C)c1. The number of imidazole rings is 1. The zero-order valence-corrected chi connectivity index (χ0v) is 10.4. The molecule has 1 aromatic rings. The van der Waals surface area contributed by atoms with Crippen LogP contribution < -0.4 is 4.57 Å². The number of rotatable bonds is 4. The average molecular weight is 221 g/mol. The number of hydrogen-bond donors (Lipinski definition) is 0. The largest absolute Gasteiger partial charge is 0.324 e. The minimum atomic E-state index is 0.299. The van der Waals surface area contributed by atoms with Crippen LogP contribution in [0.15, 0.2) is 31.1 Å². The Kier molecular flexibility index (Phi) is 3.17. The molecule has 1 aliphatic heterocycles. The molecular formula is C12H21N4+. The van der Waals surface area contributed by atoms with Gasteiger partial charge >= 0.3 is 0 Å². The molecular weight excluding hydrogens is 200 g/mol. The Balaban J connectivity index is 2.11. The first kappa shape index (κ1) is 11.0. The predicted molar refractivity (Wildman–Crippen MR) is 63.2 cm³/mol.